The summed E-state index contributed by atoms with van der Waals surface area (Å²) in [5, 5.41) is 13.5. The number of carbonyl (C=O) groups excluding carboxylic acids is 2. The van der Waals surface area contributed by atoms with Crippen molar-refractivity contribution in [2.75, 3.05) is 80.7 Å². The van der Waals surface area contributed by atoms with Crippen molar-refractivity contribution >= 4 is 62.3 Å². The molecule has 0 aliphatic heterocycles. The third-order valence-electron chi connectivity index (χ3n) is 8.51. The predicted octanol–water partition coefficient (Wildman–Crippen LogP) is 7.84. The molecule has 5 N–H and O–H groups in total. The second kappa shape index (κ2) is 20.4. The fourth-order valence-corrected chi connectivity index (χ4v) is 6.14. The van der Waals surface area contributed by atoms with Crippen molar-refractivity contribution in [1.29, 1.82) is 0 Å². The SMILES string of the molecule is COCCOCCOCCNC(=O)c1ccc(Nc2cc(Oc3ccc(NC(=O)Nc4cc(C(C)(C)C)cc(NS(C)=O)c4OC)c4ccccc34)ccn2)cc1. The molecular weight excluding hydrogens is 749 g/mol. The highest BCUT2D eigenvalue weighted by Gasteiger charge is 2.22. The van der Waals surface area contributed by atoms with Gasteiger partial charge in [-0.15, -0.1) is 0 Å². The quantitative estimate of drug-likeness (QED) is 0.0519. The van der Waals surface area contributed by atoms with Crippen LogP contribution in [0.2, 0.25) is 0 Å². The number of ether oxygens (including phenoxy) is 5. The van der Waals surface area contributed by atoms with Crippen molar-refractivity contribution in [3.8, 4) is 17.2 Å². The van der Waals surface area contributed by atoms with Crippen LogP contribution in [0.25, 0.3) is 10.8 Å². The Kier molecular flexibility index (Phi) is 15.2. The molecule has 5 rings (SSSR count). The summed E-state index contributed by atoms with van der Waals surface area (Å²) in [6.45, 7) is 8.88. The molecule has 1 unspecified atom stereocenters. The number of aromatic nitrogens is 1. The van der Waals surface area contributed by atoms with Crippen molar-refractivity contribution in [2.24, 2.45) is 0 Å². The highest BCUT2D eigenvalue weighted by molar-refractivity contribution is 7.85. The van der Waals surface area contributed by atoms with Gasteiger partial charge in [-0.1, -0.05) is 45.0 Å². The van der Waals surface area contributed by atoms with Gasteiger partial charge in [0.25, 0.3) is 5.91 Å². The number of carbonyl (C=O) groups is 2. The van der Waals surface area contributed by atoms with Crippen molar-refractivity contribution in [3.05, 3.63) is 102 Å². The Bertz CT molecular complexity index is 2160. The monoisotopic (exact) mass is 798 g/mol. The molecule has 1 aromatic heterocycles. The minimum Gasteiger partial charge on any atom is -0.492 e. The number of fused-ring (bicyclic) bond motifs is 1. The summed E-state index contributed by atoms with van der Waals surface area (Å²) in [5.41, 5.74) is 3.42. The number of hydrogen-bond acceptors (Lipinski definition) is 10. The smallest absolute Gasteiger partial charge is 0.323 e. The molecule has 0 saturated carbocycles. The Labute approximate surface area is 335 Å². The molecule has 0 aliphatic carbocycles. The van der Waals surface area contributed by atoms with Crippen LogP contribution in [0, 0.1) is 0 Å². The van der Waals surface area contributed by atoms with E-state index in [1.165, 1.54) is 13.4 Å². The Morgan fingerprint density at radius 3 is 2.16 bits per heavy atom. The maximum atomic E-state index is 13.5. The van der Waals surface area contributed by atoms with Crippen LogP contribution >= 0.6 is 0 Å². The lowest BCUT2D eigenvalue weighted by molar-refractivity contribution is 0.0255. The number of hydrogen-bond donors (Lipinski definition) is 5. The zero-order valence-corrected chi connectivity index (χ0v) is 33.8. The van der Waals surface area contributed by atoms with Crippen molar-refractivity contribution < 1.29 is 37.5 Å². The van der Waals surface area contributed by atoms with Crippen LogP contribution in [0.4, 0.5) is 33.4 Å². The zero-order chi connectivity index (χ0) is 40.8. The van der Waals surface area contributed by atoms with Crippen LogP contribution < -0.4 is 35.5 Å². The first-order valence-electron chi connectivity index (χ1n) is 18.3. The number of methoxy groups -OCH3 is 2. The van der Waals surface area contributed by atoms with Gasteiger partial charge in [-0.2, -0.15) is 0 Å². The molecule has 57 heavy (non-hydrogen) atoms. The summed E-state index contributed by atoms with van der Waals surface area (Å²) >= 11 is 0. The zero-order valence-electron chi connectivity index (χ0n) is 33.0. The molecule has 1 heterocycles. The molecule has 0 saturated heterocycles. The van der Waals surface area contributed by atoms with Gasteiger partial charge in [0, 0.05) is 54.2 Å². The number of nitrogens with zero attached hydrogens (tertiary/aromatic N) is 1. The maximum absolute atomic E-state index is 13.5. The van der Waals surface area contributed by atoms with E-state index in [1.54, 1.807) is 61.8 Å². The van der Waals surface area contributed by atoms with E-state index in [0.29, 0.717) is 85.3 Å². The maximum Gasteiger partial charge on any atom is 0.323 e. The van der Waals surface area contributed by atoms with Crippen LogP contribution in [-0.4, -0.2) is 81.2 Å². The molecule has 0 radical (unpaired) electrons. The summed E-state index contributed by atoms with van der Waals surface area (Å²) in [5.74, 6) is 1.82. The van der Waals surface area contributed by atoms with E-state index in [1.807, 2.05) is 36.4 Å². The number of anilines is 5. The molecule has 5 aromatic rings. The number of amides is 3. The third-order valence-corrected chi connectivity index (χ3v) is 9.02. The summed E-state index contributed by atoms with van der Waals surface area (Å²) in [4.78, 5) is 30.5. The van der Waals surface area contributed by atoms with Gasteiger partial charge in [0.15, 0.2) is 5.75 Å². The largest absolute Gasteiger partial charge is 0.492 e. The molecule has 1 atom stereocenters. The molecule has 0 aliphatic rings. The lowest BCUT2D eigenvalue weighted by Gasteiger charge is -2.24. The van der Waals surface area contributed by atoms with E-state index in [2.05, 4.69) is 51.7 Å². The predicted molar refractivity (Wildman–Crippen MR) is 226 cm³/mol. The number of benzene rings is 4. The minimum atomic E-state index is -1.36. The summed E-state index contributed by atoms with van der Waals surface area (Å²) in [6.07, 6.45) is 3.17. The van der Waals surface area contributed by atoms with E-state index in [-0.39, 0.29) is 11.3 Å². The van der Waals surface area contributed by atoms with Gasteiger partial charge < -0.3 is 49.7 Å². The van der Waals surface area contributed by atoms with Crippen molar-refractivity contribution in [3.63, 3.8) is 0 Å². The van der Waals surface area contributed by atoms with Crippen LogP contribution in [0.5, 0.6) is 17.2 Å². The molecule has 14 nitrogen and oxygen atoms in total. The van der Waals surface area contributed by atoms with Gasteiger partial charge in [0.1, 0.15) is 28.3 Å². The lowest BCUT2D eigenvalue weighted by Crippen LogP contribution is -2.27. The topological polar surface area (TPSA) is 170 Å². The van der Waals surface area contributed by atoms with E-state index >= 15 is 0 Å². The molecular formula is C42H50N6O8S. The Morgan fingerprint density at radius 1 is 0.772 bits per heavy atom. The average Bonchev–Trinajstić information content (AvgIpc) is 3.18. The Balaban J connectivity index is 1.21. The standard InChI is InChI=1S/C42H50N6O8S/c1-42(2,3)29-25-35(39(53-5)36(26-29)48-57(6)51)47-41(50)46-34-15-16-37(33-10-8-7-9-32(33)34)56-31-17-18-43-38(27-31)45-30-13-11-28(12-14-30)40(49)44-19-20-54-23-24-55-22-21-52-4/h7-18,25-27,48H,19-24H2,1-6H3,(H,43,45)(H,44,49)(H2,46,47,50). The Hall–Kier alpha value is -5.74. The first-order valence-corrected chi connectivity index (χ1v) is 19.9. The fraction of sp³-hybridized carbons (Fsp3) is 0.310. The van der Waals surface area contributed by atoms with Gasteiger partial charge in [-0.05, 0) is 65.6 Å². The van der Waals surface area contributed by atoms with Gasteiger partial charge >= 0.3 is 6.03 Å². The molecule has 302 valence electrons. The normalized spacial score (nSPS) is 11.8. The van der Waals surface area contributed by atoms with E-state index in [0.717, 1.165) is 22.0 Å². The summed E-state index contributed by atoms with van der Waals surface area (Å²) in [6, 6.07) is 25.0. The van der Waals surface area contributed by atoms with E-state index < -0.39 is 17.0 Å². The van der Waals surface area contributed by atoms with Gasteiger partial charge in [0.2, 0.25) is 0 Å². The van der Waals surface area contributed by atoms with Crippen molar-refractivity contribution in [2.45, 2.75) is 26.2 Å². The second-order valence-corrected chi connectivity index (χ2v) is 14.9. The summed E-state index contributed by atoms with van der Waals surface area (Å²) < 4.78 is 42.7. The number of urea groups is 1. The first-order chi connectivity index (χ1) is 27.4. The number of nitrogens with one attached hydrogen (secondary N) is 5. The minimum absolute atomic E-state index is 0.200. The van der Waals surface area contributed by atoms with Gasteiger partial charge in [0.05, 0.1) is 57.2 Å². The molecule has 3 amide bonds. The average molecular weight is 799 g/mol. The van der Waals surface area contributed by atoms with Gasteiger partial charge in [-0.25, -0.2) is 14.0 Å². The van der Waals surface area contributed by atoms with Crippen LogP contribution in [0.15, 0.2) is 91.1 Å². The van der Waals surface area contributed by atoms with Crippen LogP contribution in [0.3, 0.4) is 0 Å². The number of pyridine rings is 1. The molecule has 0 bridgehead atoms. The molecule has 0 fully saturated rings. The Morgan fingerprint density at radius 2 is 1.46 bits per heavy atom. The number of rotatable bonds is 19. The first kappa shape index (κ1) is 42.4. The second-order valence-electron chi connectivity index (χ2n) is 13.8. The molecule has 0 spiro atoms. The third kappa shape index (κ3) is 12.4. The highest BCUT2D eigenvalue weighted by Crippen LogP contribution is 2.40. The molecule has 15 heteroatoms. The van der Waals surface area contributed by atoms with Crippen LogP contribution in [0.1, 0.15) is 36.7 Å². The van der Waals surface area contributed by atoms with E-state index in [9.17, 15) is 13.8 Å². The fourth-order valence-electron chi connectivity index (χ4n) is 5.68. The van der Waals surface area contributed by atoms with Crippen molar-refractivity contribution in [1.82, 2.24) is 10.3 Å². The molecule has 4 aromatic carbocycles. The highest BCUT2D eigenvalue weighted by atomic mass is 32.2. The van der Waals surface area contributed by atoms with Gasteiger partial charge in [-0.3, -0.25) is 4.79 Å². The summed E-state index contributed by atoms with van der Waals surface area (Å²) in [7, 11) is 1.76. The van der Waals surface area contributed by atoms with Crippen LogP contribution in [-0.2, 0) is 30.6 Å². The lowest BCUT2D eigenvalue weighted by atomic mass is 9.86. The van der Waals surface area contributed by atoms with E-state index in [4.69, 9.17) is 23.7 Å².